The summed E-state index contributed by atoms with van der Waals surface area (Å²) in [5.74, 6) is -1.57. The van der Waals surface area contributed by atoms with Crippen LogP contribution in [0.4, 0.5) is 24.5 Å². The minimum Gasteiger partial charge on any atom is -0.432 e. The fourth-order valence-corrected chi connectivity index (χ4v) is 2.10. The molecule has 1 aromatic carbocycles. The Morgan fingerprint density at radius 1 is 1.38 bits per heavy atom. The van der Waals surface area contributed by atoms with E-state index in [0.717, 1.165) is 12.1 Å². The standard InChI is InChI=1S/C13H17F3N2O3/c14-8-5-9(17)10(6-11(8)21-12(15)16)18-7-13(19)1-3-20-4-2-13/h5-6,12,18-19H,1-4,7,17H2. The lowest BCUT2D eigenvalue weighted by Crippen LogP contribution is -2.42. The summed E-state index contributed by atoms with van der Waals surface area (Å²) in [6.45, 7) is -2.09. The van der Waals surface area contributed by atoms with Gasteiger partial charge in [0.1, 0.15) is 0 Å². The lowest BCUT2D eigenvalue weighted by Gasteiger charge is -2.32. The molecule has 21 heavy (non-hydrogen) atoms. The molecule has 1 aliphatic heterocycles. The third kappa shape index (κ3) is 4.15. The van der Waals surface area contributed by atoms with E-state index in [4.69, 9.17) is 10.5 Å². The van der Waals surface area contributed by atoms with Crippen LogP contribution in [0.25, 0.3) is 0 Å². The van der Waals surface area contributed by atoms with Crippen LogP contribution >= 0.6 is 0 Å². The van der Waals surface area contributed by atoms with Crippen LogP contribution in [0.5, 0.6) is 5.75 Å². The van der Waals surface area contributed by atoms with Gasteiger partial charge in [-0.2, -0.15) is 8.78 Å². The average molecular weight is 306 g/mol. The van der Waals surface area contributed by atoms with Crippen molar-refractivity contribution in [2.45, 2.75) is 25.1 Å². The summed E-state index contributed by atoms with van der Waals surface area (Å²) >= 11 is 0. The lowest BCUT2D eigenvalue weighted by molar-refractivity contribution is -0.0548. The molecule has 8 heteroatoms. The molecule has 4 N–H and O–H groups in total. The molecule has 2 rings (SSSR count). The highest BCUT2D eigenvalue weighted by molar-refractivity contribution is 5.68. The zero-order valence-corrected chi connectivity index (χ0v) is 11.2. The van der Waals surface area contributed by atoms with Gasteiger partial charge in [-0.25, -0.2) is 4.39 Å². The van der Waals surface area contributed by atoms with E-state index >= 15 is 0 Å². The summed E-state index contributed by atoms with van der Waals surface area (Å²) in [6, 6.07) is 1.95. The highest BCUT2D eigenvalue weighted by atomic mass is 19.3. The van der Waals surface area contributed by atoms with E-state index in [0.29, 0.717) is 26.1 Å². The maximum atomic E-state index is 13.4. The van der Waals surface area contributed by atoms with Gasteiger partial charge in [-0.1, -0.05) is 0 Å². The van der Waals surface area contributed by atoms with Gasteiger partial charge in [-0.15, -0.1) is 0 Å². The summed E-state index contributed by atoms with van der Waals surface area (Å²) in [6.07, 6.45) is 0.892. The fourth-order valence-electron chi connectivity index (χ4n) is 2.10. The first-order chi connectivity index (χ1) is 9.89. The third-order valence-electron chi connectivity index (χ3n) is 3.35. The van der Waals surface area contributed by atoms with E-state index in [1.807, 2.05) is 0 Å². The number of ether oxygens (including phenoxy) is 2. The Kier molecular flexibility index (Phi) is 4.79. The second-order valence-electron chi connectivity index (χ2n) is 4.94. The van der Waals surface area contributed by atoms with Crippen molar-refractivity contribution in [2.24, 2.45) is 0 Å². The van der Waals surface area contributed by atoms with Gasteiger partial charge in [0.25, 0.3) is 0 Å². The topological polar surface area (TPSA) is 76.7 Å². The lowest BCUT2D eigenvalue weighted by atomic mass is 9.94. The highest BCUT2D eigenvalue weighted by Gasteiger charge is 2.29. The van der Waals surface area contributed by atoms with Crippen molar-refractivity contribution < 1.29 is 27.8 Å². The number of anilines is 2. The predicted molar refractivity (Wildman–Crippen MR) is 70.9 cm³/mol. The van der Waals surface area contributed by atoms with E-state index in [9.17, 15) is 18.3 Å². The van der Waals surface area contributed by atoms with E-state index in [1.165, 1.54) is 0 Å². The number of benzene rings is 1. The van der Waals surface area contributed by atoms with Crippen molar-refractivity contribution in [3.8, 4) is 5.75 Å². The molecule has 0 atom stereocenters. The predicted octanol–water partition coefficient (Wildman–Crippen LogP) is 1.96. The van der Waals surface area contributed by atoms with Gasteiger partial charge >= 0.3 is 6.61 Å². The molecule has 1 saturated heterocycles. The summed E-state index contributed by atoms with van der Waals surface area (Å²) in [5.41, 5.74) is 4.93. The zero-order chi connectivity index (χ0) is 15.5. The number of hydrogen-bond donors (Lipinski definition) is 3. The number of aliphatic hydroxyl groups is 1. The molecule has 0 amide bonds. The molecule has 118 valence electrons. The second-order valence-corrected chi connectivity index (χ2v) is 4.94. The molecule has 1 fully saturated rings. The Labute approximate surface area is 119 Å². The summed E-state index contributed by atoms with van der Waals surface area (Å²) in [5, 5.41) is 13.1. The van der Waals surface area contributed by atoms with Crippen LogP contribution in [0.2, 0.25) is 0 Å². The van der Waals surface area contributed by atoms with Gasteiger partial charge in [0.2, 0.25) is 0 Å². The van der Waals surface area contributed by atoms with Gasteiger partial charge in [0.05, 0.1) is 17.0 Å². The Balaban J connectivity index is 2.08. The number of rotatable bonds is 5. The maximum Gasteiger partial charge on any atom is 0.387 e. The van der Waals surface area contributed by atoms with Crippen molar-refractivity contribution in [1.29, 1.82) is 0 Å². The van der Waals surface area contributed by atoms with Crippen LogP contribution in [0.15, 0.2) is 12.1 Å². The van der Waals surface area contributed by atoms with E-state index in [-0.39, 0.29) is 17.9 Å². The van der Waals surface area contributed by atoms with E-state index in [2.05, 4.69) is 10.1 Å². The number of alkyl halides is 2. The maximum absolute atomic E-state index is 13.4. The minimum atomic E-state index is -3.13. The normalized spacial score (nSPS) is 17.8. The fraction of sp³-hybridized carbons (Fsp3) is 0.538. The van der Waals surface area contributed by atoms with Crippen molar-refractivity contribution >= 4 is 11.4 Å². The average Bonchev–Trinajstić information content (AvgIpc) is 2.41. The van der Waals surface area contributed by atoms with Crippen molar-refractivity contribution in [3.05, 3.63) is 17.9 Å². The van der Waals surface area contributed by atoms with Gasteiger partial charge < -0.3 is 25.6 Å². The molecule has 0 saturated carbocycles. The molecule has 0 unspecified atom stereocenters. The van der Waals surface area contributed by atoms with Crippen LogP contribution in [0.1, 0.15) is 12.8 Å². The number of hydrogen-bond acceptors (Lipinski definition) is 5. The summed E-state index contributed by atoms with van der Waals surface area (Å²) in [4.78, 5) is 0. The van der Waals surface area contributed by atoms with Gasteiger partial charge in [0, 0.05) is 44.7 Å². The molecule has 1 aliphatic rings. The van der Waals surface area contributed by atoms with Gasteiger partial charge in [-0.05, 0) is 0 Å². The second kappa shape index (κ2) is 6.40. The Morgan fingerprint density at radius 3 is 2.67 bits per heavy atom. The third-order valence-corrected chi connectivity index (χ3v) is 3.35. The molecule has 0 aromatic heterocycles. The van der Waals surface area contributed by atoms with Crippen LogP contribution in [-0.4, -0.2) is 37.1 Å². The van der Waals surface area contributed by atoms with Crippen molar-refractivity contribution in [2.75, 3.05) is 30.8 Å². The van der Waals surface area contributed by atoms with Crippen LogP contribution in [0.3, 0.4) is 0 Å². The van der Waals surface area contributed by atoms with Crippen molar-refractivity contribution in [3.63, 3.8) is 0 Å². The van der Waals surface area contributed by atoms with Crippen LogP contribution in [-0.2, 0) is 4.74 Å². The molecule has 0 spiro atoms. The number of halogens is 3. The monoisotopic (exact) mass is 306 g/mol. The van der Waals surface area contributed by atoms with Crippen LogP contribution in [0, 0.1) is 5.82 Å². The smallest absolute Gasteiger partial charge is 0.387 e. The van der Waals surface area contributed by atoms with Gasteiger partial charge in [0.15, 0.2) is 11.6 Å². The summed E-state index contributed by atoms with van der Waals surface area (Å²) in [7, 11) is 0. The summed E-state index contributed by atoms with van der Waals surface area (Å²) < 4.78 is 47.0. The molecule has 0 radical (unpaired) electrons. The van der Waals surface area contributed by atoms with Crippen molar-refractivity contribution in [1.82, 2.24) is 0 Å². The first kappa shape index (κ1) is 15.7. The molecule has 1 heterocycles. The molecule has 0 aliphatic carbocycles. The molecular weight excluding hydrogens is 289 g/mol. The first-order valence-corrected chi connectivity index (χ1v) is 6.47. The van der Waals surface area contributed by atoms with Gasteiger partial charge in [-0.3, -0.25) is 0 Å². The molecule has 1 aromatic rings. The molecular formula is C13H17F3N2O3. The Morgan fingerprint density at radius 2 is 2.05 bits per heavy atom. The first-order valence-electron chi connectivity index (χ1n) is 6.47. The number of nitrogens with one attached hydrogen (secondary N) is 1. The highest BCUT2D eigenvalue weighted by Crippen LogP contribution is 2.30. The quantitative estimate of drug-likeness (QED) is 0.725. The zero-order valence-electron chi connectivity index (χ0n) is 11.2. The number of nitrogens with two attached hydrogens (primary N) is 1. The Hall–Kier alpha value is -1.67. The van der Waals surface area contributed by atoms with E-state index < -0.39 is 23.8 Å². The molecule has 0 bridgehead atoms. The van der Waals surface area contributed by atoms with Crippen LogP contribution < -0.4 is 15.8 Å². The SMILES string of the molecule is Nc1cc(F)c(OC(F)F)cc1NCC1(O)CCOCC1. The number of nitrogen functional groups attached to an aromatic ring is 1. The molecule has 5 nitrogen and oxygen atoms in total. The Bertz CT molecular complexity index is 494. The minimum absolute atomic E-state index is 0.0461. The largest absolute Gasteiger partial charge is 0.432 e. The van der Waals surface area contributed by atoms with E-state index in [1.54, 1.807) is 0 Å².